The van der Waals surface area contributed by atoms with Crippen molar-refractivity contribution < 1.29 is 0 Å². The van der Waals surface area contributed by atoms with Crippen LogP contribution in [-0.4, -0.2) is 17.4 Å². The minimum absolute atomic E-state index is 0.532. The number of hydrazone groups is 1. The molecule has 2 aliphatic carbocycles. The highest BCUT2D eigenvalue weighted by Crippen LogP contribution is 2.44. The first-order valence-corrected chi connectivity index (χ1v) is 7.85. The van der Waals surface area contributed by atoms with E-state index in [1.54, 1.807) is 6.21 Å². The molecule has 0 aliphatic heterocycles. The normalized spacial score (nSPS) is 27.9. The summed E-state index contributed by atoms with van der Waals surface area (Å²) in [5.41, 5.74) is 3.75. The first-order chi connectivity index (χ1) is 9.72. The van der Waals surface area contributed by atoms with Gasteiger partial charge in [-0.3, -0.25) is 5.43 Å². The Morgan fingerprint density at radius 3 is 2.85 bits per heavy atom. The van der Waals surface area contributed by atoms with E-state index in [0.717, 1.165) is 17.4 Å². The maximum Gasteiger partial charge on any atom is 0.187 e. The van der Waals surface area contributed by atoms with Gasteiger partial charge in [-0.15, -0.1) is 0 Å². The molecule has 5 heteroatoms. The highest BCUT2D eigenvalue weighted by Gasteiger charge is 2.39. The van der Waals surface area contributed by atoms with Gasteiger partial charge in [-0.1, -0.05) is 36.2 Å². The molecule has 0 amide bonds. The van der Waals surface area contributed by atoms with Gasteiger partial charge in [0.05, 0.1) is 6.21 Å². The second-order valence-electron chi connectivity index (χ2n) is 5.65. The zero-order valence-corrected chi connectivity index (χ0v) is 12.8. The summed E-state index contributed by atoms with van der Waals surface area (Å²) in [7, 11) is 0. The summed E-state index contributed by atoms with van der Waals surface area (Å²) >= 11 is 11.3. The van der Waals surface area contributed by atoms with E-state index in [-0.39, 0.29) is 0 Å². The zero-order chi connectivity index (χ0) is 13.9. The lowest BCUT2D eigenvalue weighted by Crippen LogP contribution is -2.42. The SMILES string of the molecule is S=C(N/N=C\c1ccccc1Cl)N[C@H]1C[C@H]2CC[C@@H]1C2. The van der Waals surface area contributed by atoms with Crippen molar-refractivity contribution in [3.63, 3.8) is 0 Å². The van der Waals surface area contributed by atoms with Gasteiger partial charge in [0.2, 0.25) is 0 Å². The molecule has 2 N–H and O–H groups in total. The Balaban J connectivity index is 1.49. The molecule has 0 unspecified atom stereocenters. The molecule has 0 heterocycles. The van der Waals surface area contributed by atoms with Crippen molar-refractivity contribution in [2.24, 2.45) is 16.9 Å². The summed E-state index contributed by atoms with van der Waals surface area (Å²) in [5.74, 6) is 1.71. The molecule has 0 radical (unpaired) electrons. The van der Waals surface area contributed by atoms with Crippen molar-refractivity contribution in [2.45, 2.75) is 31.7 Å². The van der Waals surface area contributed by atoms with E-state index >= 15 is 0 Å². The summed E-state index contributed by atoms with van der Waals surface area (Å²) in [6.07, 6.45) is 7.04. The van der Waals surface area contributed by atoms with Crippen molar-refractivity contribution in [3.05, 3.63) is 34.9 Å². The Morgan fingerprint density at radius 2 is 2.15 bits per heavy atom. The van der Waals surface area contributed by atoms with Crippen molar-refractivity contribution in [1.29, 1.82) is 0 Å². The van der Waals surface area contributed by atoms with E-state index in [1.807, 2.05) is 24.3 Å². The second kappa shape index (κ2) is 6.10. The number of nitrogens with one attached hydrogen (secondary N) is 2. The van der Waals surface area contributed by atoms with Crippen LogP contribution in [0.4, 0.5) is 0 Å². The van der Waals surface area contributed by atoms with Gasteiger partial charge in [-0.25, -0.2) is 0 Å². The lowest BCUT2D eigenvalue weighted by molar-refractivity contribution is 0.389. The highest BCUT2D eigenvalue weighted by atomic mass is 35.5. The van der Waals surface area contributed by atoms with Crippen LogP contribution in [0.2, 0.25) is 5.02 Å². The molecule has 2 saturated carbocycles. The van der Waals surface area contributed by atoms with Gasteiger partial charge in [-0.2, -0.15) is 5.10 Å². The molecule has 3 rings (SSSR count). The van der Waals surface area contributed by atoms with Gasteiger partial charge in [-0.05, 0) is 49.4 Å². The summed E-state index contributed by atoms with van der Waals surface area (Å²) in [4.78, 5) is 0. The number of benzene rings is 1. The molecule has 2 fully saturated rings. The summed E-state index contributed by atoms with van der Waals surface area (Å²) in [6.45, 7) is 0. The minimum atomic E-state index is 0.532. The van der Waals surface area contributed by atoms with Gasteiger partial charge in [0.25, 0.3) is 0 Å². The number of hydrogen-bond donors (Lipinski definition) is 2. The highest BCUT2D eigenvalue weighted by molar-refractivity contribution is 7.80. The Bertz CT molecular complexity index is 532. The predicted octanol–water partition coefficient (Wildman–Crippen LogP) is 3.33. The molecule has 2 bridgehead atoms. The largest absolute Gasteiger partial charge is 0.358 e. The quantitative estimate of drug-likeness (QED) is 0.511. The number of halogens is 1. The van der Waals surface area contributed by atoms with Crippen LogP contribution >= 0.6 is 23.8 Å². The van der Waals surface area contributed by atoms with Crippen molar-refractivity contribution in [2.75, 3.05) is 0 Å². The molecular weight excluding hydrogens is 290 g/mol. The lowest BCUT2D eigenvalue weighted by Gasteiger charge is -2.23. The van der Waals surface area contributed by atoms with Gasteiger partial charge in [0, 0.05) is 16.6 Å². The van der Waals surface area contributed by atoms with Gasteiger partial charge >= 0.3 is 0 Å². The van der Waals surface area contributed by atoms with Crippen molar-refractivity contribution in [3.8, 4) is 0 Å². The Hall–Kier alpha value is -1.13. The molecule has 20 heavy (non-hydrogen) atoms. The van der Waals surface area contributed by atoms with Gasteiger partial charge < -0.3 is 5.32 Å². The minimum Gasteiger partial charge on any atom is -0.358 e. The third kappa shape index (κ3) is 3.13. The van der Waals surface area contributed by atoms with Crippen LogP contribution in [0.1, 0.15) is 31.2 Å². The predicted molar refractivity (Wildman–Crippen MR) is 87.2 cm³/mol. The Labute approximate surface area is 129 Å². The van der Waals surface area contributed by atoms with Crippen LogP contribution < -0.4 is 10.7 Å². The molecule has 0 saturated heterocycles. The maximum absolute atomic E-state index is 6.05. The number of fused-ring (bicyclic) bond motifs is 2. The molecule has 0 spiro atoms. The van der Waals surface area contributed by atoms with Gasteiger partial charge in [0.15, 0.2) is 5.11 Å². The Morgan fingerprint density at radius 1 is 1.30 bits per heavy atom. The molecule has 1 aromatic carbocycles. The van der Waals surface area contributed by atoms with E-state index in [1.165, 1.54) is 25.7 Å². The lowest BCUT2D eigenvalue weighted by atomic mass is 9.96. The van der Waals surface area contributed by atoms with E-state index < -0.39 is 0 Å². The monoisotopic (exact) mass is 307 g/mol. The molecule has 0 aromatic heterocycles. The van der Waals surface area contributed by atoms with Crippen LogP contribution in [0.25, 0.3) is 0 Å². The molecule has 3 nitrogen and oxygen atoms in total. The number of hydrogen-bond acceptors (Lipinski definition) is 2. The zero-order valence-electron chi connectivity index (χ0n) is 11.2. The average Bonchev–Trinajstić information content (AvgIpc) is 3.03. The summed E-state index contributed by atoms with van der Waals surface area (Å²) < 4.78 is 0. The van der Waals surface area contributed by atoms with Crippen LogP contribution in [0.3, 0.4) is 0 Å². The average molecular weight is 308 g/mol. The van der Waals surface area contributed by atoms with Crippen LogP contribution in [-0.2, 0) is 0 Å². The van der Waals surface area contributed by atoms with E-state index in [4.69, 9.17) is 23.8 Å². The fraction of sp³-hybridized carbons (Fsp3) is 0.467. The van der Waals surface area contributed by atoms with Crippen molar-refractivity contribution >= 4 is 35.1 Å². The molecule has 3 atom stereocenters. The van der Waals surface area contributed by atoms with E-state index in [2.05, 4.69) is 15.8 Å². The summed E-state index contributed by atoms with van der Waals surface area (Å²) in [5, 5.41) is 8.82. The first kappa shape index (κ1) is 13.8. The Kier molecular flexibility index (Phi) is 4.22. The molecule has 2 aliphatic rings. The van der Waals surface area contributed by atoms with Gasteiger partial charge in [0.1, 0.15) is 0 Å². The smallest absolute Gasteiger partial charge is 0.187 e. The van der Waals surface area contributed by atoms with Crippen molar-refractivity contribution in [1.82, 2.24) is 10.7 Å². The topological polar surface area (TPSA) is 36.4 Å². The van der Waals surface area contributed by atoms with E-state index in [9.17, 15) is 0 Å². The fourth-order valence-corrected chi connectivity index (χ4v) is 3.75. The van der Waals surface area contributed by atoms with Crippen LogP contribution in [0.5, 0.6) is 0 Å². The summed E-state index contributed by atoms with van der Waals surface area (Å²) in [6, 6.07) is 8.12. The van der Waals surface area contributed by atoms with Crippen LogP contribution in [0.15, 0.2) is 29.4 Å². The fourth-order valence-electron chi connectivity index (χ4n) is 3.36. The standard InChI is InChI=1S/C15H18ClN3S/c16-13-4-2-1-3-12(13)9-17-19-15(20)18-14-8-10-5-6-11(14)7-10/h1-4,9-11,14H,5-8H2,(H2,18,19,20)/b17-9-/t10-,11+,14-/m0/s1. The molecule has 1 aromatic rings. The number of thiocarbonyl (C=S) groups is 1. The maximum atomic E-state index is 6.05. The number of rotatable bonds is 3. The second-order valence-corrected chi connectivity index (χ2v) is 6.46. The third-order valence-electron chi connectivity index (χ3n) is 4.33. The molecular formula is C15H18ClN3S. The molecule has 106 valence electrons. The van der Waals surface area contributed by atoms with E-state index in [0.29, 0.717) is 16.2 Å². The van der Waals surface area contributed by atoms with Crippen LogP contribution in [0, 0.1) is 11.8 Å². The first-order valence-electron chi connectivity index (χ1n) is 7.06. The third-order valence-corrected chi connectivity index (χ3v) is 4.88. The number of nitrogens with zero attached hydrogens (tertiary/aromatic N) is 1.